The largest absolute Gasteiger partial charge is 0.383 e. The summed E-state index contributed by atoms with van der Waals surface area (Å²) in [6.45, 7) is 1.48. The molecule has 13 heavy (non-hydrogen) atoms. The molecule has 2 fully saturated rings. The highest BCUT2D eigenvalue weighted by molar-refractivity contribution is 5.05. The van der Waals surface area contributed by atoms with Crippen LogP contribution in [0.2, 0.25) is 0 Å². The number of ether oxygens (including phenoxy) is 1. The highest BCUT2D eigenvalue weighted by Gasteiger charge is 2.46. The van der Waals surface area contributed by atoms with E-state index in [-0.39, 0.29) is 5.54 Å². The highest BCUT2D eigenvalue weighted by Crippen LogP contribution is 2.41. The molecule has 0 spiro atoms. The minimum Gasteiger partial charge on any atom is -0.383 e. The van der Waals surface area contributed by atoms with Gasteiger partial charge in [0, 0.05) is 19.7 Å². The number of nitrogens with one attached hydrogen (secondary N) is 1. The minimum absolute atomic E-state index is 0.0932. The molecule has 0 aromatic heterocycles. The first kappa shape index (κ1) is 9.44. The van der Waals surface area contributed by atoms with Gasteiger partial charge < -0.3 is 15.8 Å². The van der Waals surface area contributed by atoms with Crippen LogP contribution in [0, 0.1) is 5.92 Å². The summed E-state index contributed by atoms with van der Waals surface area (Å²) in [5.41, 5.74) is 5.96. The Hall–Kier alpha value is -0.120. The van der Waals surface area contributed by atoms with Crippen molar-refractivity contribution < 1.29 is 4.74 Å². The first-order valence-electron chi connectivity index (χ1n) is 5.27. The second kappa shape index (κ2) is 3.56. The zero-order chi connectivity index (χ0) is 9.31. The lowest BCUT2D eigenvalue weighted by atomic mass is 9.94. The van der Waals surface area contributed by atoms with E-state index in [0.29, 0.717) is 6.54 Å². The third kappa shape index (κ3) is 2.03. The number of rotatable bonds is 6. The van der Waals surface area contributed by atoms with E-state index in [1.807, 2.05) is 0 Å². The molecule has 1 unspecified atom stereocenters. The van der Waals surface area contributed by atoms with E-state index >= 15 is 0 Å². The smallest absolute Gasteiger partial charge is 0.0659 e. The maximum Gasteiger partial charge on any atom is 0.0659 e. The van der Waals surface area contributed by atoms with Crippen molar-refractivity contribution in [3.8, 4) is 0 Å². The average Bonchev–Trinajstić information content (AvgIpc) is 2.97. The fourth-order valence-electron chi connectivity index (χ4n) is 2.09. The Morgan fingerprint density at radius 3 is 2.46 bits per heavy atom. The second-order valence-corrected chi connectivity index (χ2v) is 4.49. The molecule has 0 bridgehead atoms. The van der Waals surface area contributed by atoms with Gasteiger partial charge in [-0.2, -0.15) is 0 Å². The van der Waals surface area contributed by atoms with Gasteiger partial charge in [0.2, 0.25) is 0 Å². The van der Waals surface area contributed by atoms with Crippen molar-refractivity contribution in [2.75, 3.05) is 20.3 Å². The molecule has 0 amide bonds. The Morgan fingerprint density at radius 2 is 2.08 bits per heavy atom. The molecule has 1 atom stereocenters. The van der Waals surface area contributed by atoms with E-state index in [1.165, 1.54) is 25.7 Å². The van der Waals surface area contributed by atoms with Crippen LogP contribution in [-0.4, -0.2) is 31.8 Å². The molecule has 0 aromatic rings. The van der Waals surface area contributed by atoms with Crippen LogP contribution in [0.4, 0.5) is 0 Å². The highest BCUT2D eigenvalue weighted by atomic mass is 16.5. The molecule has 3 N–H and O–H groups in total. The van der Waals surface area contributed by atoms with Crippen molar-refractivity contribution >= 4 is 0 Å². The second-order valence-electron chi connectivity index (χ2n) is 4.49. The summed E-state index contributed by atoms with van der Waals surface area (Å²) in [5.74, 6) is 0.762. The van der Waals surface area contributed by atoms with Crippen molar-refractivity contribution in [2.24, 2.45) is 11.7 Å². The Bertz CT molecular complexity index is 178. The molecule has 0 radical (unpaired) electrons. The van der Waals surface area contributed by atoms with Crippen LogP contribution in [0.15, 0.2) is 0 Å². The van der Waals surface area contributed by atoms with Crippen LogP contribution in [0.25, 0.3) is 0 Å². The summed E-state index contributed by atoms with van der Waals surface area (Å²) in [6.07, 6.45) is 5.27. The van der Waals surface area contributed by atoms with Gasteiger partial charge >= 0.3 is 0 Å². The SMILES string of the molecule is COCC(CN)(NC1CC1)C1CC1. The normalized spacial score (nSPS) is 27.2. The first-order chi connectivity index (χ1) is 6.30. The zero-order valence-electron chi connectivity index (χ0n) is 8.38. The first-order valence-corrected chi connectivity index (χ1v) is 5.27. The number of nitrogens with two attached hydrogens (primary N) is 1. The van der Waals surface area contributed by atoms with Gasteiger partial charge in [-0.3, -0.25) is 0 Å². The molecule has 0 aromatic carbocycles. The van der Waals surface area contributed by atoms with E-state index < -0.39 is 0 Å². The number of methoxy groups -OCH3 is 1. The van der Waals surface area contributed by atoms with Gasteiger partial charge in [0.05, 0.1) is 12.1 Å². The maximum absolute atomic E-state index is 5.87. The molecule has 2 aliphatic rings. The van der Waals surface area contributed by atoms with Crippen molar-refractivity contribution in [3.63, 3.8) is 0 Å². The fourth-order valence-corrected chi connectivity index (χ4v) is 2.09. The predicted molar refractivity (Wildman–Crippen MR) is 52.5 cm³/mol. The molecular weight excluding hydrogens is 164 g/mol. The van der Waals surface area contributed by atoms with Gasteiger partial charge in [-0.05, 0) is 31.6 Å². The van der Waals surface area contributed by atoms with Gasteiger partial charge in [0.15, 0.2) is 0 Å². The minimum atomic E-state index is 0.0932. The van der Waals surface area contributed by atoms with Gasteiger partial charge in [-0.1, -0.05) is 0 Å². The topological polar surface area (TPSA) is 47.3 Å². The summed E-state index contributed by atoms with van der Waals surface area (Å²) < 4.78 is 5.29. The number of hydrogen-bond donors (Lipinski definition) is 2. The zero-order valence-corrected chi connectivity index (χ0v) is 8.38. The molecule has 3 heteroatoms. The van der Waals surface area contributed by atoms with Crippen LogP contribution >= 0.6 is 0 Å². The van der Waals surface area contributed by atoms with E-state index in [4.69, 9.17) is 10.5 Å². The lowest BCUT2D eigenvalue weighted by molar-refractivity contribution is 0.0973. The quantitative estimate of drug-likeness (QED) is 0.631. The van der Waals surface area contributed by atoms with Crippen LogP contribution in [-0.2, 0) is 4.74 Å². The molecular formula is C10H20N2O. The maximum atomic E-state index is 5.87. The lowest BCUT2D eigenvalue weighted by Crippen LogP contribution is -2.57. The van der Waals surface area contributed by atoms with Gasteiger partial charge in [-0.15, -0.1) is 0 Å². The monoisotopic (exact) mass is 184 g/mol. The summed E-state index contributed by atoms with van der Waals surface area (Å²) in [6, 6.07) is 0.722. The molecule has 3 nitrogen and oxygen atoms in total. The van der Waals surface area contributed by atoms with Gasteiger partial charge in [-0.25, -0.2) is 0 Å². The Labute approximate surface area is 80.0 Å². The van der Waals surface area contributed by atoms with E-state index in [1.54, 1.807) is 7.11 Å². The summed E-state index contributed by atoms with van der Waals surface area (Å²) >= 11 is 0. The molecule has 76 valence electrons. The van der Waals surface area contributed by atoms with Crippen molar-refractivity contribution in [2.45, 2.75) is 37.3 Å². The third-order valence-electron chi connectivity index (χ3n) is 3.19. The van der Waals surface area contributed by atoms with Crippen LogP contribution in [0.3, 0.4) is 0 Å². The summed E-state index contributed by atoms with van der Waals surface area (Å²) in [4.78, 5) is 0. The van der Waals surface area contributed by atoms with Gasteiger partial charge in [0.25, 0.3) is 0 Å². The lowest BCUT2D eigenvalue weighted by Gasteiger charge is -2.33. The third-order valence-corrected chi connectivity index (χ3v) is 3.19. The standard InChI is InChI=1S/C10H20N2O/c1-13-7-10(6-11,8-2-3-8)12-9-4-5-9/h8-9,12H,2-7,11H2,1H3. The van der Waals surface area contributed by atoms with Crippen molar-refractivity contribution in [1.82, 2.24) is 5.32 Å². The molecule has 2 aliphatic carbocycles. The Morgan fingerprint density at radius 1 is 1.38 bits per heavy atom. The van der Waals surface area contributed by atoms with Crippen molar-refractivity contribution in [3.05, 3.63) is 0 Å². The average molecular weight is 184 g/mol. The fraction of sp³-hybridized carbons (Fsp3) is 1.00. The van der Waals surface area contributed by atoms with Crippen molar-refractivity contribution in [1.29, 1.82) is 0 Å². The van der Waals surface area contributed by atoms with Gasteiger partial charge in [0.1, 0.15) is 0 Å². The van der Waals surface area contributed by atoms with E-state index in [0.717, 1.165) is 18.6 Å². The van der Waals surface area contributed by atoms with Crippen LogP contribution in [0.1, 0.15) is 25.7 Å². The number of hydrogen-bond acceptors (Lipinski definition) is 3. The Balaban J connectivity index is 1.95. The molecule has 0 aliphatic heterocycles. The molecule has 0 heterocycles. The Kier molecular flexibility index (Phi) is 2.58. The van der Waals surface area contributed by atoms with Crippen LogP contribution in [0.5, 0.6) is 0 Å². The van der Waals surface area contributed by atoms with E-state index in [9.17, 15) is 0 Å². The summed E-state index contributed by atoms with van der Waals surface area (Å²) in [7, 11) is 1.77. The molecule has 2 saturated carbocycles. The van der Waals surface area contributed by atoms with Crippen LogP contribution < -0.4 is 11.1 Å². The van der Waals surface area contributed by atoms with E-state index in [2.05, 4.69) is 5.32 Å². The molecule has 2 rings (SSSR count). The summed E-state index contributed by atoms with van der Waals surface area (Å²) in [5, 5.41) is 3.67. The molecule has 0 saturated heterocycles. The predicted octanol–water partition coefficient (Wildman–Crippen LogP) is 0.492.